The number of aryl methyl sites for hydroxylation is 2. The van der Waals surface area contributed by atoms with E-state index in [9.17, 15) is 0 Å². The Bertz CT molecular complexity index is 646. The van der Waals surface area contributed by atoms with Crippen LogP contribution in [0.4, 0.5) is 0 Å². The quantitative estimate of drug-likeness (QED) is 0.744. The van der Waals surface area contributed by atoms with Gasteiger partial charge in [0.15, 0.2) is 0 Å². The van der Waals surface area contributed by atoms with Crippen LogP contribution in [-0.2, 0) is 19.4 Å². The van der Waals surface area contributed by atoms with Crippen molar-refractivity contribution in [2.24, 2.45) is 0 Å². The lowest BCUT2D eigenvalue weighted by Gasteiger charge is -2.25. The molecule has 1 fully saturated rings. The van der Waals surface area contributed by atoms with Crippen LogP contribution in [0.3, 0.4) is 0 Å². The van der Waals surface area contributed by atoms with Gasteiger partial charge in [0.1, 0.15) is 0 Å². The molecule has 2 aromatic heterocycles. The second-order valence-electron chi connectivity index (χ2n) is 7.33. The molecule has 24 heavy (non-hydrogen) atoms. The van der Waals surface area contributed by atoms with Gasteiger partial charge in [0.25, 0.3) is 5.89 Å². The summed E-state index contributed by atoms with van der Waals surface area (Å²) in [6.45, 7) is 0.767. The van der Waals surface area contributed by atoms with Gasteiger partial charge in [-0.05, 0) is 57.2 Å². The van der Waals surface area contributed by atoms with Crippen molar-refractivity contribution < 1.29 is 4.42 Å². The van der Waals surface area contributed by atoms with Crippen LogP contribution in [0.2, 0.25) is 0 Å². The topological polar surface area (TPSA) is 42.2 Å². The molecule has 5 heteroatoms. The van der Waals surface area contributed by atoms with E-state index < -0.39 is 0 Å². The Morgan fingerprint density at radius 3 is 2.67 bits per heavy atom. The van der Waals surface area contributed by atoms with Crippen molar-refractivity contribution in [2.45, 2.75) is 76.8 Å². The van der Waals surface area contributed by atoms with Crippen molar-refractivity contribution in [1.29, 1.82) is 0 Å². The summed E-state index contributed by atoms with van der Waals surface area (Å²) in [6, 6.07) is 2.93. The molecule has 0 spiro atoms. The first kappa shape index (κ1) is 16.3. The maximum absolute atomic E-state index is 5.99. The molecule has 0 N–H and O–H groups in total. The number of hydrogen-bond acceptors (Lipinski definition) is 5. The molecule has 0 bridgehead atoms. The van der Waals surface area contributed by atoms with E-state index in [1.807, 2.05) is 11.3 Å². The molecule has 4 rings (SSSR count). The van der Waals surface area contributed by atoms with E-state index in [4.69, 9.17) is 4.42 Å². The van der Waals surface area contributed by atoms with Crippen LogP contribution < -0.4 is 0 Å². The summed E-state index contributed by atoms with van der Waals surface area (Å²) in [5.41, 5.74) is 1.50. The van der Waals surface area contributed by atoms with E-state index in [1.165, 1.54) is 74.6 Å². The number of thiophene rings is 1. The summed E-state index contributed by atoms with van der Waals surface area (Å²) in [4.78, 5) is 5.08. The van der Waals surface area contributed by atoms with Gasteiger partial charge < -0.3 is 4.42 Å². The zero-order chi connectivity index (χ0) is 16.4. The van der Waals surface area contributed by atoms with E-state index in [0.29, 0.717) is 11.9 Å². The molecule has 2 aromatic rings. The van der Waals surface area contributed by atoms with Crippen LogP contribution >= 0.6 is 11.3 Å². The lowest BCUT2D eigenvalue weighted by Crippen LogP contribution is -2.30. The van der Waals surface area contributed by atoms with Gasteiger partial charge in [-0.3, -0.25) is 4.90 Å². The summed E-state index contributed by atoms with van der Waals surface area (Å²) >= 11 is 1.84. The average Bonchev–Trinajstić information content (AvgIpc) is 3.13. The zero-order valence-corrected chi connectivity index (χ0v) is 15.4. The Morgan fingerprint density at radius 2 is 1.88 bits per heavy atom. The molecule has 0 amide bonds. The Labute approximate surface area is 148 Å². The SMILES string of the molecule is CN(Cc1nnc(-c2cc3c(s2)CCCC3)o1)C1CCCCCC1. The summed E-state index contributed by atoms with van der Waals surface area (Å²) < 4.78 is 5.99. The Hall–Kier alpha value is -1.20. The highest BCUT2D eigenvalue weighted by molar-refractivity contribution is 7.15. The normalized spacial score (nSPS) is 19.4. The van der Waals surface area contributed by atoms with Gasteiger partial charge in [-0.15, -0.1) is 21.5 Å². The van der Waals surface area contributed by atoms with Gasteiger partial charge in [-0.1, -0.05) is 25.7 Å². The van der Waals surface area contributed by atoms with Gasteiger partial charge in [0, 0.05) is 10.9 Å². The lowest BCUT2D eigenvalue weighted by molar-refractivity contribution is 0.195. The molecule has 0 radical (unpaired) electrons. The second-order valence-corrected chi connectivity index (χ2v) is 8.46. The monoisotopic (exact) mass is 345 g/mol. The molecule has 0 saturated heterocycles. The Kier molecular flexibility index (Phi) is 4.99. The predicted octanol–water partition coefficient (Wildman–Crippen LogP) is 4.83. The number of hydrogen-bond donors (Lipinski definition) is 0. The fourth-order valence-electron chi connectivity index (χ4n) is 4.05. The van der Waals surface area contributed by atoms with Crippen molar-refractivity contribution in [2.75, 3.05) is 7.05 Å². The third-order valence-electron chi connectivity index (χ3n) is 5.51. The van der Waals surface area contributed by atoms with Crippen molar-refractivity contribution >= 4 is 11.3 Å². The largest absolute Gasteiger partial charge is 0.419 e. The molecule has 2 aliphatic rings. The van der Waals surface area contributed by atoms with E-state index in [1.54, 1.807) is 0 Å². The first-order valence-corrected chi connectivity index (χ1v) is 10.3. The van der Waals surface area contributed by atoms with E-state index in [0.717, 1.165) is 17.3 Å². The van der Waals surface area contributed by atoms with Crippen LogP contribution in [0.1, 0.15) is 67.7 Å². The summed E-state index contributed by atoms with van der Waals surface area (Å²) in [7, 11) is 2.20. The minimum atomic E-state index is 0.664. The van der Waals surface area contributed by atoms with Gasteiger partial charge in [0.05, 0.1) is 11.4 Å². The van der Waals surface area contributed by atoms with E-state index in [-0.39, 0.29) is 0 Å². The maximum Gasteiger partial charge on any atom is 0.257 e. The molecular weight excluding hydrogens is 318 g/mol. The van der Waals surface area contributed by atoms with Crippen molar-refractivity contribution in [3.63, 3.8) is 0 Å². The van der Waals surface area contributed by atoms with Gasteiger partial charge in [-0.2, -0.15) is 0 Å². The van der Waals surface area contributed by atoms with Crippen LogP contribution in [-0.4, -0.2) is 28.2 Å². The first-order valence-electron chi connectivity index (χ1n) is 9.44. The highest BCUT2D eigenvalue weighted by Crippen LogP contribution is 2.35. The fraction of sp³-hybridized carbons (Fsp3) is 0.684. The van der Waals surface area contributed by atoms with Crippen LogP contribution in [0, 0.1) is 0 Å². The Morgan fingerprint density at radius 1 is 1.08 bits per heavy atom. The van der Waals surface area contributed by atoms with Crippen molar-refractivity contribution in [3.05, 3.63) is 22.4 Å². The highest BCUT2D eigenvalue weighted by Gasteiger charge is 2.21. The Balaban J connectivity index is 1.43. The van der Waals surface area contributed by atoms with Gasteiger partial charge in [-0.25, -0.2) is 0 Å². The maximum atomic E-state index is 5.99. The van der Waals surface area contributed by atoms with Crippen LogP contribution in [0.25, 0.3) is 10.8 Å². The number of rotatable bonds is 4. The molecular formula is C19H27N3OS. The van der Waals surface area contributed by atoms with Gasteiger partial charge in [0.2, 0.25) is 5.89 Å². The molecule has 2 aliphatic carbocycles. The molecule has 0 atom stereocenters. The highest BCUT2D eigenvalue weighted by atomic mass is 32.1. The smallest absolute Gasteiger partial charge is 0.257 e. The van der Waals surface area contributed by atoms with Crippen molar-refractivity contribution in [3.8, 4) is 10.8 Å². The molecule has 130 valence electrons. The van der Waals surface area contributed by atoms with Gasteiger partial charge >= 0.3 is 0 Å². The number of nitrogens with zero attached hydrogens (tertiary/aromatic N) is 3. The first-order chi connectivity index (χ1) is 11.8. The zero-order valence-electron chi connectivity index (χ0n) is 14.6. The van der Waals surface area contributed by atoms with Crippen LogP contribution in [0.15, 0.2) is 10.5 Å². The minimum Gasteiger partial charge on any atom is -0.419 e. The average molecular weight is 346 g/mol. The van der Waals surface area contributed by atoms with E-state index in [2.05, 4.69) is 28.2 Å². The van der Waals surface area contributed by atoms with E-state index >= 15 is 0 Å². The molecule has 4 nitrogen and oxygen atoms in total. The molecule has 1 saturated carbocycles. The number of aromatic nitrogens is 2. The molecule has 0 aromatic carbocycles. The van der Waals surface area contributed by atoms with Crippen LogP contribution in [0.5, 0.6) is 0 Å². The second kappa shape index (κ2) is 7.36. The fourth-order valence-corrected chi connectivity index (χ4v) is 5.23. The summed E-state index contributed by atoms with van der Waals surface area (Å²) in [5.74, 6) is 1.46. The lowest BCUT2D eigenvalue weighted by atomic mass is 9.99. The third kappa shape index (κ3) is 3.57. The third-order valence-corrected chi connectivity index (χ3v) is 6.73. The van der Waals surface area contributed by atoms with Crippen molar-refractivity contribution in [1.82, 2.24) is 15.1 Å². The minimum absolute atomic E-state index is 0.664. The number of fused-ring (bicyclic) bond motifs is 1. The molecule has 0 unspecified atom stereocenters. The molecule has 2 heterocycles. The summed E-state index contributed by atoms with van der Waals surface area (Å²) in [5, 5.41) is 8.62. The summed E-state index contributed by atoms with van der Waals surface area (Å²) in [6.07, 6.45) is 13.1. The predicted molar refractivity (Wildman–Crippen MR) is 97.2 cm³/mol. The molecule has 0 aliphatic heterocycles. The standard InChI is InChI=1S/C19H27N3OS/c1-22(15-9-4-2-3-5-10-15)13-18-20-21-19(23-18)17-12-14-8-6-7-11-16(14)24-17/h12,15H,2-11,13H2,1H3.